The van der Waals surface area contributed by atoms with Gasteiger partial charge < -0.3 is 15.5 Å². The Bertz CT molecular complexity index is 618. The molecule has 1 saturated heterocycles. The van der Waals surface area contributed by atoms with E-state index >= 15 is 0 Å². The molecule has 0 bridgehead atoms. The van der Waals surface area contributed by atoms with Gasteiger partial charge in [0.05, 0.1) is 12.5 Å². The molecule has 2 rings (SSSR count). The van der Waals surface area contributed by atoms with E-state index in [2.05, 4.69) is 10.6 Å². The Morgan fingerprint density at radius 2 is 2.16 bits per heavy atom. The Balaban J connectivity index is 2.19. The third kappa shape index (κ3) is 5.22. The summed E-state index contributed by atoms with van der Waals surface area (Å²) in [5, 5.41) is 5.84. The maximum atomic E-state index is 14.1. The minimum Gasteiger partial charge on any atom is -0.349 e. The summed E-state index contributed by atoms with van der Waals surface area (Å²) in [6.45, 7) is 5.52. The second kappa shape index (κ2) is 8.89. The highest BCUT2D eigenvalue weighted by molar-refractivity contribution is 5.79. The molecule has 7 heteroatoms. The number of nitrogens with zero attached hydrogens (tertiary/aromatic N) is 1. The van der Waals surface area contributed by atoms with E-state index in [9.17, 15) is 18.4 Å². The molecule has 25 heavy (non-hydrogen) atoms. The number of hydrogen-bond donors (Lipinski definition) is 2. The lowest BCUT2D eigenvalue weighted by Crippen LogP contribution is -2.43. The van der Waals surface area contributed by atoms with Crippen LogP contribution in [0.1, 0.15) is 44.7 Å². The van der Waals surface area contributed by atoms with Crippen molar-refractivity contribution < 1.29 is 18.4 Å². The maximum Gasteiger partial charge on any atom is 0.225 e. The number of nitrogens with one attached hydrogen (secondary N) is 2. The van der Waals surface area contributed by atoms with Gasteiger partial charge in [-0.05, 0) is 25.5 Å². The van der Waals surface area contributed by atoms with Crippen molar-refractivity contribution in [1.82, 2.24) is 15.5 Å². The molecule has 1 aliphatic heterocycles. The molecule has 1 aliphatic rings. The zero-order valence-corrected chi connectivity index (χ0v) is 14.6. The molecule has 1 aromatic carbocycles. The summed E-state index contributed by atoms with van der Waals surface area (Å²) in [6.07, 6.45) is 1.64. The molecule has 5 nitrogen and oxygen atoms in total. The molecule has 0 aliphatic carbocycles. The minimum absolute atomic E-state index is 0.0569. The first-order valence-corrected chi connectivity index (χ1v) is 8.64. The first-order chi connectivity index (χ1) is 11.9. The van der Waals surface area contributed by atoms with Gasteiger partial charge in [0, 0.05) is 37.7 Å². The average molecular weight is 353 g/mol. The SMILES string of the molecule is CCCN(C(=O)CC(NC(C)=O)c1ccc(F)cc1F)C1CCNC1. The minimum atomic E-state index is -0.820. The van der Waals surface area contributed by atoms with Crippen LogP contribution in [0.5, 0.6) is 0 Å². The molecular weight excluding hydrogens is 328 g/mol. The predicted octanol–water partition coefficient (Wildman–Crippen LogP) is 2.13. The van der Waals surface area contributed by atoms with Crippen LogP contribution < -0.4 is 10.6 Å². The number of benzene rings is 1. The van der Waals surface area contributed by atoms with Gasteiger partial charge in [-0.15, -0.1) is 0 Å². The summed E-state index contributed by atoms with van der Waals surface area (Å²) in [5.74, 6) is -1.97. The lowest BCUT2D eigenvalue weighted by Gasteiger charge is -2.30. The summed E-state index contributed by atoms with van der Waals surface area (Å²) in [4.78, 5) is 26.1. The van der Waals surface area contributed by atoms with Gasteiger partial charge in [0.25, 0.3) is 0 Å². The Kier molecular flexibility index (Phi) is 6.87. The van der Waals surface area contributed by atoms with Crippen molar-refractivity contribution >= 4 is 11.8 Å². The Morgan fingerprint density at radius 1 is 1.40 bits per heavy atom. The molecule has 138 valence electrons. The first-order valence-electron chi connectivity index (χ1n) is 8.64. The number of carbonyl (C=O) groups excluding carboxylic acids is 2. The number of carbonyl (C=O) groups is 2. The van der Waals surface area contributed by atoms with Gasteiger partial charge in [-0.25, -0.2) is 8.78 Å². The van der Waals surface area contributed by atoms with Crippen LogP contribution in [0, 0.1) is 11.6 Å². The lowest BCUT2D eigenvalue weighted by molar-refractivity contribution is -0.134. The van der Waals surface area contributed by atoms with Crippen LogP contribution in [0.3, 0.4) is 0 Å². The molecule has 0 spiro atoms. The van der Waals surface area contributed by atoms with Crippen molar-refractivity contribution in [2.45, 2.75) is 45.2 Å². The van der Waals surface area contributed by atoms with Gasteiger partial charge in [0.15, 0.2) is 0 Å². The highest BCUT2D eigenvalue weighted by Gasteiger charge is 2.29. The van der Waals surface area contributed by atoms with Crippen molar-refractivity contribution in [2.24, 2.45) is 0 Å². The number of halogens is 2. The smallest absolute Gasteiger partial charge is 0.225 e. The summed E-state index contributed by atoms with van der Waals surface area (Å²) in [5.41, 5.74) is 0.117. The van der Waals surface area contributed by atoms with E-state index in [0.717, 1.165) is 38.1 Å². The van der Waals surface area contributed by atoms with Crippen molar-refractivity contribution in [3.63, 3.8) is 0 Å². The second-order valence-corrected chi connectivity index (χ2v) is 6.36. The van der Waals surface area contributed by atoms with Gasteiger partial charge in [0.2, 0.25) is 11.8 Å². The van der Waals surface area contributed by atoms with Crippen molar-refractivity contribution in [1.29, 1.82) is 0 Å². The molecule has 2 amide bonds. The van der Waals surface area contributed by atoms with Gasteiger partial charge in [0.1, 0.15) is 11.6 Å². The van der Waals surface area contributed by atoms with Crippen LogP contribution in [0.2, 0.25) is 0 Å². The predicted molar refractivity (Wildman–Crippen MR) is 90.8 cm³/mol. The molecule has 1 fully saturated rings. The van der Waals surface area contributed by atoms with Crippen molar-refractivity contribution in [3.05, 3.63) is 35.4 Å². The van der Waals surface area contributed by atoms with Crippen LogP contribution >= 0.6 is 0 Å². The van der Waals surface area contributed by atoms with Gasteiger partial charge in [-0.2, -0.15) is 0 Å². The van der Waals surface area contributed by atoms with E-state index in [-0.39, 0.29) is 29.8 Å². The fourth-order valence-corrected chi connectivity index (χ4v) is 3.22. The van der Waals surface area contributed by atoms with E-state index in [0.29, 0.717) is 6.54 Å². The lowest BCUT2D eigenvalue weighted by atomic mass is 10.0. The van der Waals surface area contributed by atoms with Gasteiger partial charge in [-0.3, -0.25) is 9.59 Å². The number of rotatable bonds is 7. The zero-order valence-electron chi connectivity index (χ0n) is 14.6. The highest BCUT2D eigenvalue weighted by atomic mass is 19.1. The summed E-state index contributed by atoms with van der Waals surface area (Å²) in [7, 11) is 0. The molecule has 0 aromatic heterocycles. The van der Waals surface area contributed by atoms with Crippen molar-refractivity contribution in [2.75, 3.05) is 19.6 Å². The molecule has 2 unspecified atom stereocenters. The monoisotopic (exact) mass is 353 g/mol. The molecule has 1 aromatic rings. The Hall–Kier alpha value is -2.02. The van der Waals surface area contributed by atoms with Crippen LogP contribution in [-0.4, -0.2) is 42.4 Å². The van der Waals surface area contributed by atoms with E-state index in [4.69, 9.17) is 0 Å². The van der Waals surface area contributed by atoms with E-state index < -0.39 is 17.7 Å². The number of amides is 2. The molecule has 0 radical (unpaired) electrons. The summed E-state index contributed by atoms with van der Waals surface area (Å²) < 4.78 is 27.3. The van der Waals surface area contributed by atoms with Gasteiger partial charge in [-0.1, -0.05) is 13.0 Å². The third-order valence-electron chi connectivity index (χ3n) is 4.35. The summed E-state index contributed by atoms with van der Waals surface area (Å²) >= 11 is 0. The van der Waals surface area contributed by atoms with Crippen LogP contribution in [0.15, 0.2) is 18.2 Å². The molecular formula is C18H25F2N3O2. The quantitative estimate of drug-likeness (QED) is 0.789. The molecule has 0 saturated carbocycles. The fraction of sp³-hybridized carbons (Fsp3) is 0.556. The zero-order chi connectivity index (χ0) is 18.4. The topological polar surface area (TPSA) is 61.4 Å². The van der Waals surface area contributed by atoms with Gasteiger partial charge >= 0.3 is 0 Å². The van der Waals surface area contributed by atoms with Crippen molar-refractivity contribution in [3.8, 4) is 0 Å². The van der Waals surface area contributed by atoms with E-state index in [1.165, 1.54) is 13.0 Å². The maximum absolute atomic E-state index is 14.1. The standard InChI is InChI=1S/C18H25F2N3O2/c1-3-8-23(14-6-7-21-11-14)18(25)10-17(22-12(2)24)15-5-4-13(19)9-16(15)20/h4-5,9,14,17,21H,3,6-8,10-11H2,1-2H3,(H,22,24). The molecule has 2 atom stereocenters. The summed E-state index contributed by atoms with van der Waals surface area (Å²) in [6, 6.07) is 2.46. The Labute approximate surface area is 146 Å². The van der Waals surface area contributed by atoms with Crippen LogP contribution in [0.25, 0.3) is 0 Å². The first kappa shape index (κ1) is 19.3. The number of hydrogen-bond acceptors (Lipinski definition) is 3. The fourth-order valence-electron chi connectivity index (χ4n) is 3.22. The van der Waals surface area contributed by atoms with E-state index in [1.807, 2.05) is 6.92 Å². The van der Waals surface area contributed by atoms with Crippen LogP contribution in [0.4, 0.5) is 8.78 Å². The highest BCUT2D eigenvalue weighted by Crippen LogP contribution is 2.23. The molecule has 1 heterocycles. The normalized spacial score (nSPS) is 18.0. The Morgan fingerprint density at radius 3 is 2.72 bits per heavy atom. The average Bonchev–Trinajstić information content (AvgIpc) is 3.05. The second-order valence-electron chi connectivity index (χ2n) is 6.36. The largest absolute Gasteiger partial charge is 0.349 e. The van der Waals surface area contributed by atoms with E-state index in [1.54, 1.807) is 4.90 Å². The third-order valence-corrected chi connectivity index (χ3v) is 4.35. The van der Waals surface area contributed by atoms with Crippen LogP contribution in [-0.2, 0) is 9.59 Å². The molecule has 2 N–H and O–H groups in total.